The van der Waals surface area contributed by atoms with Crippen LogP contribution in [0.5, 0.6) is 5.75 Å². The first-order valence-corrected chi connectivity index (χ1v) is 7.46. The molecule has 0 spiro atoms. The van der Waals surface area contributed by atoms with Gasteiger partial charge in [-0.25, -0.2) is 0 Å². The van der Waals surface area contributed by atoms with Gasteiger partial charge in [0.25, 0.3) is 5.91 Å². The number of likely N-dealkylation sites (N-methyl/N-ethyl adjacent to an activating group) is 2. The molecule has 0 saturated carbocycles. The van der Waals surface area contributed by atoms with Crippen molar-refractivity contribution < 1.29 is 14.3 Å². The summed E-state index contributed by atoms with van der Waals surface area (Å²) in [6, 6.07) is 3.80. The zero-order chi connectivity index (χ0) is 15.3. The monoisotopic (exact) mass is 406 g/mol. The van der Waals surface area contributed by atoms with Crippen LogP contribution in [-0.4, -0.2) is 44.0 Å². The number of ether oxygens (including phenoxy) is 1. The maximum absolute atomic E-state index is 11.8. The van der Waals surface area contributed by atoms with Gasteiger partial charge in [0.15, 0.2) is 6.61 Å². The van der Waals surface area contributed by atoms with Crippen LogP contribution < -0.4 is 10.1 Å². The van der Waals surface area contributed by atoms with Crippen molar-refractivity contribution >= 4 is 43.7 Å². The predicted octanol–water partition coefficient (Wildman–Crippen LogP) is 2.10. The van der Waals surface area contributed by atoms with Gasteiger partial charge in [-0.3, -0.25) is 9.59 Å². The summed E-state index contributed by atoms with van der Waals surface area (Å²) < 4.78 is 7.04. The highest BCUT2D eigenvalue weighted by molar-refractivity contribution is 9.11. The molecule has 1 N–H and O–H groups in total. The molecule has 0 saturated heterocycles. The van der Waals surface area contributed by atoms with Crippen LogP contribution in [0.15, 0.2) is 21.1 Å². The fraction of sp³-hybridized carbons (Fsp3) is 0.385. The fourth-order valence-corrected chi connectivity index (χ4v) is 3.10. The molecule has 0 aliphatic heterocycles. The lowest BCUT2D eigenvalue weighted by molar-refractivity contribution is -0.136. The topological polar surface area (TPSA) is 58.6 Å². The van der Waals surface area contributed by atoms with Gasteiger partial charge in [0.2, 0.25) is 5.91 Å². The Bertz CT molecular complexity index is 497. The van der Waals surface area contributed by atoms with Gasteiger partial charge < -0.3 is 15.0 Å². The first-order valence-electron chi connectivity index (χ1n) is 5.88. The molecule has 5 nitrogen and oxygen atoms in total. The normalized spacial score (nSPS) is 10.1. The number of nitrogens with one attached hydrogen (secondary N) is 1. The molecule has 0 aromatic heterocycles. The average Bonchev–Trinajstić information content (AvgIpc) is 2.36. The number of halogens is 2. The molecule has 0 bridgehead atoms. The van der Waals surface area contributed by atoms with Crippen molar-refractivity contribution in [2.24, 2.45) is 0 Å². The number of hydrogen-bond donors (Lipinski definition) is 1. The van der Waals surface area contributed by atoms with E-state index >= 15 is 0 Å². The second-order valence-corrected chi connectivity index (χ2v) is 5.98. The Kier molecular flexibility index (Phi) is 6.48. The van der Waals surface area contributed by atoms with Crippen LogP contribution in [0.25, 0.3) is 0 Å². The molecule has 1 aromatic rings. The van der Waals surface area contributed by atoms with Gasteiger partial charge in [0, 0.05) is 14.1 Å². The molecule has 0 fully saturated rings. The number of rotatable bonds is 5. The van der Waals surface area contributed by atoms with E-state index in [2.05, 4.69) is 37.2 Å². The molecule has 0 atom stereocenters. The van der Waals surface area contributed by atoms with E-state index in [0.717, 1.165) is 14.5 Å². The molecular formula is C13H16Br2N2O3. The summed E-state index contributed by atoms with van der Waals surface area (Å²) >= 11 is 6.79. The van der Waals surface area contributed by atoms with E-state index in [4.69, 9.17) is 4.74 Å². The summed E-state index contributed by atoms with van der Waals surface area (Å²) in [6.45, 7) is 1.84. The zero-order valence-electron chi connectivity index (χ0n) is 11.5. The number of hydrogen-bond acceptors (Lipinski definition) is 3. The minimum absolute atomic E-state index is 0.00886. The van der Waals surface area contributed by atoms with E-state index in [1.54, 1.807) is 7.05 Å². The number of nitrogens with zero attached hydrogens (tertiary/aromatic N) is 1. The van der Waals surface area contributed by atoms with Crippen LogP contribution in [-0.2, 0) is 9.59 Å². The Morgan fingerprint density at radius 2 is 1.85 bits per heavy atom. The van der Waals surface area contributed by atoms with Gasteiger partial charge in [0.1, 0.15) is 5.75 Å². The second kappa shape index (κ2) is 7.64. The molecule has 0 unspecified atom stereocenters. The standard InChI is InChI=1S/C13H16Br2N2O3/c1-8-4-9(14)13(10(15)5-8)20-7-12(19)17(3)6-11(18)16-2/h4-5H,6-7H2,1-3H3,(H,16,18). The Hall–Kier alpha value is -1.08. The predicted molar refractivity (Wildman–Crippen MR) is 83.8 cm³/mol. The van der Waals surface area contributed by atoms with Crippen molar-refractivity contribution in [2.45, 2.75) is 6.92 Å². The Morgan fingerprint density at radius 3 is 2.35 bits per heavy atom. The minimum atomic E-state index is -0.270. The van der Waals surface area contributed by atoms with Crippen LogP contribution in [0.3, 0.4) is 0 Å². The summed E-state index contributed by atoms with van der Waals surface area (Å²) in [4.78, 5) is 24.3. The molecular weight excluding hydrogens is 392 g/mol. The van der Waals surface area contributed by atoms with Crippen LogP contribution in [0.1, 0.15) is 5.56 Å². The van der Waals surface area contributed by atoms with E-state index in [1.807, 2.05) is 19.1 Å². The van der Waals surface area contributed by atoms with Crippen LogP contribution >= 0.6 is 31.9 Å². The lowest BCUT2D eigenvalue weighted by Crippen LogP contribution is -2.39. The molecule has 0 aliphatic rings. The molecule has 1 rings (SSSR count). The maximum atomic E-state index is 11.8. The third-order valence-electron chi connectivity index (χ3n) is 2.57. The molecule has 20 heavy (non-hydrogen) atoms. The van der Waals surface area contributed by atoms with E-state index in [-0.39, 0.29) is 25.0 Å². The Labute approximate surface area is 134 Å². The highest BCUT2D eigenvalue weighted by atomic mass is 79.9. The van der Waals surface area contributed by atoms with Gasteiger partial charge in [-0.05, 0) is 56.5 Å². The van der Waals surface area contributed by atoms with E-state index in [0.29, 0.717) is 5.75 Å². The lowest BCUT2D eigenvalue weighted by atomic mass is 10.2. The van der Waals surface area contributed by atoms with Crippen LogP contribution in [0.4, 0.5) is 0 Å². The highest BCUT2D eigenvalue weighted by Gasteiger charge is 2.15. The Balaban J connectivity index is 2.63. The lowest BCUT2D eigenvalue weighted by Gasteiger charge is -2.17. The van der Waals surface area contributed by atoms with Crippen molar-refractivity contribution in [3.8, 4) is 5.75 Å². The van der Waals surface area contributed by atoms with Crippen molar-refractivity contribution in [2.75, 3.05) is 27.2 Å². The number of benzene rings is 1. The molecule has 1 aromatic carbocycles. The number of amides is 2. The molecule has 0 heterocycles. The first kappa shape index (κ1) is 17.0. The van der Waals surface area contributed by atoms with E-state index < -0.39 is 0 Å². The maximum Gasteiger partial charge on any atom is 0.260 e. The third kappa shape index (κ3) is 4.79. The SMILES string of the molecule is CNC(=O)CN(C)C(=O)COc1c(Br)cc(C)cc1Br. The van der Waals surface area contributed by atoms with Crippen molar-refractivity contribution in [1.29, 1.82) is 0 Å². The highest BCUT2D eigenvalue weighted by Crippen LogP contribution is 2.34. The van der Waals surface area contributed by atoms with Gasteiger partial charge >= 0.3 is 0 Å². The minimum Gasteiger partial charge on any atom is -0.481 e. The van der Waals surface area contributed by atoms with Crippen molar-refractivity contribution in [3.05, 3.63) is 26.6 Å². The molecule has 110 valence electrons. The average molecular weight is 408 g/mol. The van der Waals surface area contributed by atoms with Gasteiger partial charge in [-0.15, -0.1) is 0 Å². The zero-order valence-corrected chi connectivity index (χ0v) is 14.7. The van der Waals surface area contributed by atoms with Crippen molar-refractivity contribution in [3.63, 3.8) is 0 Å². The summed E-state index contributed by atoms with van der Waals surface area (Å²) in [6.07, 6.45) is 0. The molecule has 0 radical (unpaired) electrons. The summed E-state index contributed by atoms with van der Waals surface area (Å²) in [5.41, 5.74) is 1.07. The summed E-state index contributed by atoms with van der Waals surface area (Å²) in [7, 11) is 3.08. The number of carbonyl (C=O) groups excluding carboxylic acids is 2. The smallest absolute Gasteiger partial charge is 0.260 e. The number of aryl methyl sites for hydroxylation is 1. The largest absolute Gasteiger partial charge is 0.481 e. The van der Waals surface area contributed by atoms with Gasteiger partial charge in [-0.1, -0.05) is 0 Å². The van der Waals surface area contributed by atoms with E-state index in [9.17, 15) is 9.59 Å². The molecule has 2 amide bonds. The van der Waals surface area contributed by atoms with E-state index in [1.165, 1.54) is 11.9 Å². The van der Waals surface area contributed by atoms with Crippen LogP contribution in [0.2, 0.25) is 0 Å². The fourth-order valence-electron chi connectivity index (χ4n) is 1.45. The van der Waals surface area contributed by atoms with Gasteiger partial charge in [-0.2, -0.15) is 0 Å². The van der Waals surface area contributed by atoms with Crippen molar-refractivity contribution in [1.82, 2.24) is 10.2 Å². The summed E-state index contributed by atoms with van der Waals surface area (Å²) in [5.74, 6) is 0.0730. The quantitative estimate of drug-likeness (QED) is 0.813. The molecule has 7 heteroatoms. The van der Waals surface area contributed by atoms with Crippen LogP contribution in [0, 0.1) is 6.92 Å². The van der Waals surface area contributed by atoms with Gasteiger partial charge in [0.05, 0.1) is 15.5 Å². The molecule has 0 aliphatic carbocycles. The Morgan fingerprint density at radius 1 is 1.30 bits per heavy atom. The number of carbonyl (C=O) groups is 2. The summed E-state index contributed by atoms with van der Waals surface area (Å²) in [5, 5.41) is 2.46. The second-order valence-electron chi connectivity index (χ2n) is 4.27. The third-order valence-corrected chi connectivity index (χ3v) is 3.75. The first-order chi connectivity index (χ1) is 9.35.